The Balaban J connectivity index is 0.000000716. The average molecular weight is 577 g/mol. The molecule has 0 bridgehead atoms. The summed E-state index contributed by atoms with van der Waals surface area (Å²) in [4.78, 5) is 19.8. The van der Waals surface area contributed by atoms with Gasteiger partial charge in [-0.05, 0) is 101 Å². The van der Waals surface area contributed by atoms with E-state index in [1.165, 1.54) is 56.9 Å². The van der Waals surface area contributed by atoms with Gasteiger partial charge in [-0.25, -0.2) is 0 Å². The number of hydrogen-bond donors (Lipinski definition) is 3. The summed E-state index contributed by atoms with van der Waals surface area (Å²) in [5, 5.41) is 26.7. The molecule has 41 heavy (non-hydrogen) atoms. The van der Waals surface area contributed by atoms with Crippen molar-refractivity contribution >= 4 is 11.9 Å². The first kappa shape index (κ1) is 36.8. The lowest BCUT2D eigenvalue weighted by Crippen LogP contribution is -2.37. The van der Waals surface area contributed by atoms with Crippen LogP contribution < -0.4 is 4.74 Å². The van der Waals surface area contributed by atoms with Crippen LogP contribution in [0.2, 0.25) is 0 Å². The van der Waals surface area contributed by atoms with Crippen molar-refractivity contribution in [2.45, 2.75) is 157 Å². The predicted molar refractivity (Wildman–Crippen MR) is 168 cm³/mol. The standard InChI is InChI=1S/C29H50O2.C6H10O4/c1-20(2)12-9-13-21(3)14-10-15-22(4)16-11-18-29(8)19-17-26-25(7)27(30)23(5)24(6)28(26)31-29;7-5(8)3-1-2-4-6(9)10/h20-22,30H,9-19H2,1-8H3;1-4H2,(H,7,8)(H,9,10)/t21?,22?,29-;/m1./s1. The third-order valence-electron chi connectivity index (χ3n) is 8.90. The van der Waals surface area contributed by atoms with Crippen molar-refractivity contribution < 1.29 is 29.6 Å². The van der Waals surface area contributed by atoms with E-state index in [4.69, 9.17) is 14.9 Å². The number of ether oxygens (including phenoxy) is 1. The van der Waals surface area contributed by atoms with Crippen LogP contribution in [0.1, 0.15) is 147 Å². The van der Waals surface area contributed by atoms with Crippen molar-refractivity contribution in [1.82, 2.24) is 0 Å². The number of carboxylic acid groups (broad SMARTS) is 2. The van der Waals surface area contributed by atoms with Gasteiger partial charge in [-0.15, -0.1) is 0 Å². The number of rotatable bonds is 17. The molecule has 0 radical (unpaired) electrons. The molecule has 0 amide bonds. The van der Waals surface area contributed by atoms with Crippen LogP contribution in [0.4, 0.5) is 0 Å². The molecule has 1 aromatic rings. The lowest BCUT2D eigenvalue weighted by atomic mass is 9.84. The predicted octanol–water partition coefficient (Wildman–Crippen LogP) is 9.56. The Morgan fingerprint density at radius 1 is 0.756 bits per heavy atom. The number of aliphatic carboxylic acids is 2. The first-order valence-corrected chi connectivity index (χ1v) is 16.1. The third kappa shape index (κ3) is 14.0. The highest BCUT2D eigenvalue weighted by Gasteiger charge is 2.34. The van der Waals surface area contributed by atoms with E-state index < -0.39 is 11.9 Å². The minimum atomic E-state index is -0.870. The molecule has 1 heterocycles. The fourth-order valence-corrected chi connectivity index (χ4v) is 5.83. The molecular formula is C35H60O6. The number of benzene rings is 1. The molecule has 0 saturated carbocycles. The van der Waals surface area contributed by atoms with Crippen LogP contribution in [0.3, 0.4) is 0 Å². The highest BCUT2D eigenvalue weighted by atomic mass is 16.5. The molecule has 1 aliphatic rings. The van der Waals surface area contributed by atoms with Gasteiger partial charge in [-0.2, -0.15) is 0 Å². The summed E-state index contributed by atoms with van der Waals surface area (Å²) in [6.45, 7) is 17.9. The molecule has 236 valence electrons. The molecule has 0 aliphatic carbocycles. The van der Waals surface area contributed by atoms with Crippen molar-refractivity contribution in [2.75, 3.05) is 0 Å². The van der Waals surface area contributed by atoms with E-state index in [-0.39, 0.29) is 18.4 Å². The number of aromatic hydroxyl groups is 1. The summed E-state index contributed by atoms with van der Waals surface area (Å²) in [7, 11) is 0. The number of carboxylic acids is 2. The maximum atomic E-state index is 10.4. The second-order valence-corrected chi connectivity index (χ2v) is 13.4. The second-order valence-electron chi connectivity index (χ2n) is 13.4. The minimum Gasteiger partial charge on any atom is -0.507 e. The Morgan fingerprint density at radius 2 is 1.24 bits per heavy atom. The van der Waals surface area contributed by atoms with Crippen molar-refractivity contribution in [3.8, 4) is 11.5 Å². The second kappa shape index (κ2) is 18.3. The monoisotopic (exact) mass is 576 g/mol. The van der Waals surface area contributed by atoms with Crippen molar-refractivity contribution in [3.63, 3.8) is 0 Å². The third-order valence-corrected chi connectivity index (χ3v) is 8.90. The maximum Gasteiger partial charge on any atom is 0.303 e. The molecule has 2 rings (SSSR count). The molecule has 2 unspecified atom stereocenters. The number of phenolic OH excluding ortho intramolecular Hbond substituents is 1. The van der Waals surface area contributed by atoms with E-state index in [1.807, 2.05) is 13.8 Å². The molecule has 0 saturated heterocycles. The van der Waals surface area contributed by atoms with Gasteiger partial charge in [-0.1, -0.05) is 72.6 Å². The summed E-state index contributed by atoms with van der Waals surface area (Å²) < 4.78 is 6.60. The number of phenols is 1. The lowest BCUT2D eigenvalue weighted by molar-refractivity contribution is -0.139. The van der Waals surface area contributed by atoms with E-state index in [0.29, 0.717) is 18.6 Å². The van der Waals surface area contributed by atoms with Gasteiger partial charge in [0.25, 0.3) is 0 Å². The molecule has 0 spiro atoms. The number of unbranched alkanes of at least 4 members (excludes halogenated alkanes) is 1. The molecule has 6 nitrogen and oxygen atoms in total. The van der Waals surface area contributed by atoms with Crippen LogP contribution in [0.15, 0.2) is 0 Å². The fraction of sp³-hybridized carbons (Fsp3) is 0.771. The zero-order valence-corrected chi connectivity index (χ0v) is 27.4. The Hall–Kier alpha value is -2.24. The van der Waals surface area contributed by atoms with Crippen LogP contribution >= 0.6 is 0 Å². The van der Waals surface area contributed by atoms with Crippen LogP contribution in [-0.2, 0) is 16.0 Å². The molecule has 3 N–H and O–H groups in total. The van der Waals surface area contributed by atoms with E-state index in [1.54, 1.807) is 0 Å². The molecular weight excluding hydrogens is 516 g/mol. The molecule has 0 fully saturated rings. The van der Waals surface area contributed by atoms with Crippen molar-refractivity contribution in [3.05, 3.63) is 22.3 Å². The van der Waals surface area contributed by atoms with E-state index in [9.17, 15) is 14.7 Å². The zero-order valence-electron chi connectivity index (χ0n) is 27.4. The summed E-state index contributed by atoms with van der Waals surface area (Å²) in [5.74, 6) is 2.30. The highest BCUT2D eigenvalue weighted by Crippen LogP contribution is 2.44. The summed E-state index contributed by atoms with van der Waals surface area (Å²) in [6.07, 6.45) is 15.1. The van der Waals surface area contributed by atoms with Gasteiger partial charge in [0, 0.05) is 18.4 Å². The molecule has 1 aromatic carbocycles. The average Bonchev–Trinajstić information content (AvgIpc) is 2.88. The van der Waals surface area contributed by atoms with E-state index in [0.717, 1.165) is 59.5 Å². The number of carbonyl (C=O) groups is 2. The van der Waals surface area contributed by atoms with Crippen LogP contribution in [0, 0.1) is 38.5 Å². The Morgan fingerprint density at radius 3 is 1.73 bits per heavy atom. The highest BCUT2D eigenvalue weighted by molar-refractivity contribution is 5.68. The van der Waals surface area contributed by atoms with Crippen LogP contribution in [0.25, 0.3) is 0 Å². The Kier molecular flexibility index (Phi) is 16.4. The summed E-state index contributed by atoms with van der Waals surface area (Å²) in [5.41, 5.74) is 4.23. The van der Waals surface area contributed by atoms with E-state index >= 15 is 0 Å². The topological polar surface area (TPSA) is 104 Å². The van der Waals surface area contributed by atoms with Crippen molar-refractivity contribution in [1.29, 1.82) is 0 Å². The van der Waals surface area contributed by atoms with Gasteiger partial charge in [0.05, 0.1) is 0 Å². The number of fused-ring (bicyclic) bond motifs is 1. The van der Waals surface area contributed by atoms with Gasteiger partial charge < -0.3 is 20.1 Å². The molecule has 0 aromatic heterocycles. The quantitative estimate of drug-likeness (QED) is 0.160. The zero-order chi connectivity index (χ0) is 31.2. The van der Waals surface area contributed by atoms with Gasteiger partial charge in [0.15, 0.2) is 0 Å². The first-order chi connectivity index (χ1) is 19.2. The van der Waals surface area contributed by atoms with Crippen LogP contribution in [0.5, 0.6) is 11.5 Å². The Labute approximate surface area is 250 Å². The maximum absolute atomic E-state index is 10.4. The van der Waals surface area contributed by atoms with Gasteiger partial charge in [0.2, 0.25) is 0 Å². The largest absolute Gasteiger partial charge is 0.507 e. The van der Waals surface area contributed by atoms with Gasteiger partial charge >= 0.3 is 11.9 Å². The van der Waals surface area contributed by atoms with E-state index in [2.05, 4.69) is 41.5 Å². The van der Waals surface area contributed by atoms with Crippen molar-refractivity contribution in [2.24, 2.45) is 17.8 Å². The fourth-order valence-electron chi connectivity index (χ4n) is 5.83. The molecule has 1 aliphatic heterocycles. The molecule has 6 heteroatoms. The summed E-state index contributed by atoms with van der Waals surface area (Å²) in [6, 6.07) is 0. The summed E-state index contributed by atoms with van der Waals surface area (Å²) >= 11 is 0. The first-order valence-electron chi connectivity index (χ1n) is 16.1. The molecule has 3 atom stereocenters. The SMILES string of the molecule is Cc1c(C)c2c(c(C)c1O)CC[C@@](C)(CCCC(C)CCCC(C)CCCC(C)C)O2.O=C(O)CCCCC(=O)O. The Bertz CT molecular complexity index is 937. The van der Waals surface area contributed by atoms with Crippen LogP contribution in [-0.4, -0.2) is 32.9 Å². The minimum absolute atomic E-state index is 0.0628. The lowest BCUT2D eigenvalue weighted by Gasteiger charge is -2.38. The van der Waals surface area contributed by atoms with Gasteiger partial charge in [0.1, 0.15) is 17.1 Å². The smallest absolute Gasteiger partial charge is 0.303 e. The number of hydrogen-bond acceptors (Lipinski definition) is 4. The normalized spacial score (nSPS) is 17.7. The van der Waals surface area contributed by atoms with Gasteiger partial charge in [-0.3, -0.25) is 9.59 Å².